The highest BCUT2D eigenvalue weighted by Crippen LogP contribution is 2.16. The lowest BCUT2D eigenvalue weighted by Crippen LogP contribution is -2.30. The van der Waals surface area contributed by atoms with Crippen molar-refractivity contribution in [1.29, 1.82) is 0 Å². The van der Waals surface area contributed by atoms with E-state index in [1.165, 1.54) is 32.4 Å². The summed E-state index contributed by atoms with van der Waals surface area (Å²) in [7, 11) is 0. The van der Waals surface area contributed by atoms with Crippen LogP contribution in [0.25, 0.3) is 11.0 Å². The molecule has 0 N–H and O–H groups in total. The summed E-state index contributed by atoms with van der Waals surface area (Å²) in [5.74, 6) is 0.329. The molecule has 4 nitrogen and oxygen atoms in total. The minimum Gasteiger partial charge on any atom is -0.303 e. The summed E-state index contributed by atoms with van der Waals surface area (Å²) in [6.45, 7) is 7.58. The van der Waals surface area contributed by atoms with Gasteiger partial charge in [0.15, 0.2) is 0 Å². The van der Waals surface area contributed by atoms with Crippen LogP contribution in [0.15, 0.2) is 18.2 Å². The summed E-state index contributed by atoms with van der Waals surface area (Å²) in [5.41, 5.74) is 4.75. The number of piperidine rings is 1. The molecule has 0 atom stereocenters. The first-order valence-electron chi connectivity index (χ1n) is 9.60. The number of carbonyl (C=O) groups is 1. The number of likely N-dealkylation sites (tertiary alicyclic amines) is 1. The van der Waals surface area contributed by atoms with Gasteiger partial charge in [-0.15, -0.1) is 0 Å². The van der Waals surface area contributed by atoms with Gasteiger partial charge in [-0.3, -0.25) is 4.79 Å². The number of aryl methyl sites for hydroxylation is 2. The highest BCUT2D eigenvalue weighted by Gasteiger charge is 2.10. The number of hydrogen-bond acceptors (Lipinski definition) is 4. The maximum absolute atomic E-state index is 12.3. The fraction of sp³-hybridized carbons (Fsp3) is 0.571. The standard InChI is InChI=1S/C21H29N3O/c1-16-17(2)23-21-15-18(9-10-20(21)22-16)14-19(25)8-4-7-13-24-11-5-3-6-12-24/h9-10,15H,3-8,11-14H2,1-2H3. The number of hydrogen-bond donors (Lipinski definition) is 0. The van der Waals surface area contributed by atoms with Gasteiger partial charge >= 0.3 is 0 Å². The molecule has 1 saturated heterocycles. The molecule has 1 aromatic heterocycles. The van der Waals surface area contributed by atoms with Crippen molar-refractivity contribution in [2.24, 2.45) is 0 Å². The van der Waals surface area contributed by atoms with Crippen molar-refractivity contribution in [3.8, 4) is 0 Å². The first-order valence-corrected chi connectivity index (χ1v) is 9.60. The quantitative estimate of drug-likeness (QED) is 0.715. The predicted molar refractivity (Wildman–Crippen MR) is 102 cm³/mol. The number of benzene rings is 1. The fourth-order valence-electron chi connectivity index (χ4n) is 3.54. The van der Waals surface area contributed by atoms with Crippen molar-refractivity contribution in [2.45, 2.75) is 58.8 Å². The zero-order valence-electron chi connectivity index (χ0n) is 15.6. The molecule has 0 spiro atoms. The third-order valence-corrected chi connectivity index (χ3v) is 5.17. The van der Waals surface area contributed by atoms with Gasteiger partial charge in [0.25, 0.3) is 0 Å². The molecule has 0 aliphatic carbocycles. The summed E-state index contributed by atoms with van der Waals surface area (Å²) in [6, 6.07) is 6.01. The molecule has 4 heteroatoms. The van der Waals surface area contributed by atoms with Crippen molar-refractivity contribution in [3.63, 3.8) is 0 Å². The Morgan fingerprint density at radius 3 is 2.48 bits per heavy atom. The van der Waals surface area contributed by atoms with E-state index in [0.717, 1.165) is 47.4 Å². The van der Waals surface area contributed by atoms with E-state index in [2.05, 4.69) is 14.9 Å². The third kappa shape index (κ3) is 5.08. The highest BCUT2D eigenvalue weighted by atomic mass is 16.1. The molecule has 0 amide bonds. The Morgan fingerprint density at radius 2 is 1.72 bits per heavy atom. The van der Waals surface area contributed by atoms with E-state index in [1.807, 2.05) is 32.0 Å². The van der Waals surface area contributed by atoms with E-state index in [-0.39, 0.29) is 0 Å². The summed E-state index contributed by atoms with van der Waals surface area (Å²) in [4.78, 5) is 24.0. The van der Waals surface area contributed by atoms with E-state index < -0.39 is 0 Å². The lowest BCUT2D eigenvalue weighted by molar-refractivity contribution is -0.118. The molecule has 25 heavy (non-hydrogen) atoms. The lowest BCUT2D eigenvalue weighted by atomic mass is 10.0. The topological polar surface area (TPSA) is 46.1 Å². The Morgan fingerprint density at radius 1 is 1.00 bits per heavy atom. The monoisotopic (exact) mass is 339 g/mol. The van der Waals surface area contributed by atoms with Gasteiger partial charge in [-0.05, 0) is 76.9 Å². The van der Waals surface area contributed by atoms with E-state index in [4.69, 9.17) is 0 Å². The van der Waals surface area contributed by atoms with E-state index >= 15 is 0 Å². The van der Waals surface area contributed by atoms with Crippen molar-refractivity contribution in [2.75, 3.05) is 19.6 Å². The van der Waals surface area contributed by atoms with E-state index in [1.54, 1.807) is 0 Å². The van der Waals surface area contributed by atoms with Gasteiger partial charge in [-0.2, -0.15) is 0 Å². The first kappa shape index (κ1) is 18.0. The highest BCUT2D eigenvalue weighted by molar-refractivity contribution is 5.83. The largest absolute Gasteiger partial charge is 0.303 e. The van der Waals surface area contributed by atoms with Gasteiger partial charge in [0.1, 0.15) is 5.78 Å². The smallest absolute Gasteiger partial charge is 0.137 e. The Balaban J connectivity index is 1.47. The Bertz CT molecular complexity index is 735. The second kappa shape index (κ2) is 8.52. The van der Waals surface area contributed by atoms with Gasteiger partial charge in [0.2, 0.25) is 0 Å². The summed E-state index contributed by atoms with van der Waals surface area (Å²) in [6.07, 6.45) is 7.38. The van der Waals surface area contributed by atoms with Crippen LogP contribution >= 0.6 is 0 Å². The molecule has 0 bridgehead atoms. The van der Waals surface area contributed by atoms with Crippen molar-refractivity contribution >= 4 is 16.8 Å². The van der Waals surface area contributed by atoms with Crippen LogP contribution in [0.2, 0.25) is 0 Å². The molecular weight excluding hydrogens is 310 g/mol. The van der Waals surface area contributed by atoms with Gasteiger partial charge in [0.05, 0.1) is 22.4 Å². The minimum atomic E-state index is 0.329. The van der Waals surface area contributed by atoms with Crippen LogP contribution < -0.4 is 0 Å². The number of Topliss-reactive ketones (excluding diaryl/α,β-unsaturated/α-hetero) is 1. The van der Waals surface area contributed by atoms with E-state index in [0.29, 0.717) is 18.6 Å². The lowest BCUT2D eigenvalue weighted by Gasteiger charge is -2.26. The fourth-order valence-corrected chi connectivity index (χ4v) is 3.54. The van der Waals surface area contributed by atoms with Crippen LogP contribution in [0.3, 0.4) is 0 Å². The van der Waals surface area contributed by atoms with Gasteiger partial charge in [-0.25, -0.2) is 9.97 Å². The van der Waals surface area contributed by atoms with Crippen LogP contribution in [-0.2, 0) is 11.2 Å². The summed E-state index contributed by atoms with van der Waals surface area (Å²) in [5, 5.41) is 0. The number of rotatable bonds is 7. The summed E-state index contributed by atoms with van der Waals surface area (Å²) >= 11 is 0. The second-order valence-corrected chi connectivity index (χ2v) is 7.29. The van der Waals surface area contributed by atoms with Crippen LogP contribution in [-0.4, -0.2) is 40.3 Å². The predicted octanol–water partition coefficient (Wildman–Crippen LogP) is 4.01. The second-order valence-electron chi connectivity index (χ2n) is 7.29. The van der Waals surface area contributed by atoms with Crippen molar-refractivity contribution in [3.05, 3.63) is 35.2 Å². The number of fused-ring (bicyclic) bond motifs is 1. The van der Waals surface area contributed by atoms with Crippen molar-refractivity contribution < 1.29 is 4.79 Å². The first-order chi connectivity index (χ1) is 12.1. The molecule has 3 rings (SSSR count). The third-order valence-electron chi connectivity index (χ3n) is 5.17. The average Bonchev–Trinajstić information content (AvgIpc) is 2.61. The molecule has 0 radical (unpaired) electrons. The molecule has 1 fully saturated rings. The van der Waals surface area contributed by atoms with E-state index in [9.17, 15) is 4.79 Å². The maximum Gasteiger partial charge on any atom is 0.137 e. The van der Waals surface area contributed by atoms with Crippen LogP contribution in [0.5, 0.6) is 0 Å². The zero-order chi connectivity index (χ0) is 17.6. The SMILES string of the molecule is Cc1nc2ccc(CC(=O)CCCCN3CCCCC3)cc2nc1C. The zero-order valence-corrected chi connectivity index (χ0v) is 15.6. The number of aromatic nitrogens is 2. The number of unbranched alkanes of at least 4 members (excludes halogenated alkanes) is 1. The number of ketones is 1. The van der Waals surface area contributed by atoms with Gasteiger partial charge < -0.3 is 4.90 Å². The Kier molecular flexibility index (Phi) is 6.14. The maximum atomic E-state index is 12.3. The average molecular weight is 339 g/mol. The summed E-state index contributed by atoms with van der Waals surface area (Å²) < 4.78 is 0. The Labute approximate surface area is 150 Å². The van der Waals surface area contributed by atoms with Crippen LogP contribution in [0.1, 0.15) is 55.5 Å². The molecule has 0 unspecified atom stereocenters. The van der Waals surface area contributed by atoms with Gasteiger partial charge in [0, 0.05) is 12.8 Å². The molecule has 0 saturated carbocycles. The molecule has 1 aliphatic rings. The molecule has 2 aromatic rings. The Hall–Kier alpha value is -1.81. The number of nitrogens with zero attached hydrogens (tertiary/aromatic N) is 3. The van der Waals surface area contributed by atoms with Crippen LogP contribution in [0, 0.1) is 13.8 Å². The van der Waals surface area contributed by atoms with Crippen molar-refractivity contribution in [1.82, 2.24) is 14.9 Å². The molecule has 1 aromatic carbocycles. The van der Waals surface area contributed by atoms with Crippen LogP contribution in [0.4, 0.5) is 0 Å². The number of carbonyl (C=O) groups excluding carboxylic acids is 1. The minimum absolute atomic E-state index is 0.329. The molecular formula is C21H29N3O. The molecule has 1 aliphatic heterocycles. The van der Waals surface area contributed by atoms with Gasteiger partial charge in [-0.1, -0.05) is 12.5 Å². The molecule has 2 heterocycles. The normalized spacial score (nSPS) is 15.6. The molecule has 134 valence electrons.